The van der Waals surface area contributed by atoms with Gasteiger partial charge in [0.15, 0.2) is 5.16 Å². The molecule has 0 bridgehead atoms. The summed E-state index contributed by atoms with van der Waals surface area (Å²) in [7, 11) is 1.61. The summed E-state index contributed by atoms with van der Waals surface area (Å²) in [6, 6.07) is 13.2. The van der Waals surface area contributed by atoms with Gasteiger partial charge in [-0.25, -0.2) is 14.1 Å². The molecule has 4 rings (SSSR count). The number of fused-ring (bicyclic) bond motifs is 1. The summed E-state index contributed by atoms with van der Waals surface area (Å²) >= 11 is 1.30. The molecule has 2 N–H and O–H groups in total. The molecule has 2 aromatic heterocycles. The van der Waals surface area contributed by atoms with Crippen molar-refractivity contribution in [1.82, 2.24) is 19.7 Å². The summed E-state index contributed by atoms with van der Waals surface area (Å²) < 4.78 is 20.0. The van der Waals surface area contributed by atoms with Crippen LogP contribution in [0.3, 0.4) is 0 Å². The Balaban J connectivity index is 1.44. The Labute approximate surface area is 170 Å². The minimum atomic E-state index is -0.330. The molecule has 2 aromatic carbocycles. The molecule has 7 nitrogen and oxygen atoms in total. The zero-order valence-corrected chi connectivity index (χ0v) is 16.6. The van der Waals surface area contributed by atoms with Crippen molar-refractivity contribution in [1.29, 1.82) is 0 Å². The lowest BCUT2D eigenvalue weighted by Gasteiger charge is -2.08. The first kappa shape index (κ1) is 19.0. The number of hydrogen-bond acceptors (Lipinski definition) is 5. The number of hydrogen-bond donors (Lipinski definition) is 2. The lowest BCUT2D eigenvalue weighted by molar-refractivity contribution is -0.113. The predicted molar refractivity (Wildman–Crippen MR) is 110 cm³/mol. The van der Waals surface area contributed by atoms with Gasteiger partial charge >= 0.3 is 0 Å². The summed E-state index contributed by atoms with van der Waals surface area (Å²) in [5.74, 6) is 0.901. The average molecular weight is 411 g/mol. The van der Waals surface area contributed by atoms with Crippen molar-refractivity contribution >= 4 is 34.5 Å². The van der Waals surface area contributed by atoms with E-state index in [1.165, 1.54) is 23.9 Å². The molecule has 0 aliphatic heterocycles. The van der Waals surface area contributed by atoms with Crippen LogP contribution in [0.2, 0.25) is 0 Å². The number of halogens is 1. The van der Waals surface area contributed by atoms with Crippen LogP contribution < -0.4 is 10.1 Å². The Morgan fingerprint density at radius 2 is 2.03 bits per heavy atom. The zero-order valence-electron chi connectivity index (χ0n) is 15.8. The van der Waals surface area contributed by atoms with Gasteiger partial charge in [0.25, 0.3) is 0 Å². The number of carbonyl (C=O) groups is 1. The van der Waals surface area contributed by atoms with Gasteiger partial charge in [0, 0.05) is 12.1 Å². The number of rotatable bonds is 6. The molecule has 0 radical (unpaired) electrons. The maximum atomic E-state index is 13.2. The standard InChI is InChI=1S/C20H18FN5O2S/c1-12-9-18(26(25-12)14-5-3-13(21)4-6-14)24-19(27)11-29-20-22-16-8-7-15(28-2)10-17(16)23-20/h3-10H,11H2,1-2H3,(H,22,23)(H,24,27). The molecule has 0 spiro atoms. The molecule has 0 saturated heterocycles. The Hall–Kier alpha value is -3.33. The molecule has 0 aliphatic carbocycles. The van der Waals surface area contributed by atoms with Crippen LogP contribution >= 0.6 is 11.8 Å². The first-order valence-electron chi connectivity index (χ1n) is 8.81. The number of methoxy groups -OCH3 is 1. The number of anilines is 1. The first-order valence-corrected chi connectivity index (χ1v) is 9.79. The van der Waals surface area contributed by atoms with E-state index in [4.69, 9.17) is 4.74 Å². The maximum absolute atomic E-state index is 13.2. The van der Waals surface area contributed by atoms with E-state index in [1.54, 1.807) is 30.0 Å². The average Bonchev–Trinajstić information content (AvgIpc) is 3.29. The number of aromatic amines is 1. The lowest BCUT2D eigenvalue weighted by Crippen LogP contribution is -2.17. The third kappa shape index (κ3) is 4.24. The van der Waals surface area contributed by atoms with Crippen LogP contribution in [0.5, 0.6) is 5.75 Å². The number of nitrogens with one attached hydrogen (secondary N) is 2. The largest absolute Gasteiger partial charge is 0.497 e. The zero-order chi connectivity index (χ0) is 20.4. The highest BCUT2D eigenvalue weighted by molar-refractivity contribution is 7.99. The highest BCUT2D eigenvalue weighted by atomic mass is 32.2. The monoisotopic (exact) mass is 411 g/mol. The lowest BCUT2D eigenvalue weighted by atomic mass is 10.3. The van der Waals surface area contributed by atoms with Crippen LogP contribution in [0.15, 0.2) is 53.7 Å². The SMILES string of the molecule is COc1ccc2nc(SCC(=O)Nc3cc(C)nn3-c3ccc(F)cc3)[nH]c2c1. The van der Waals surface area contributed by atoms with E-state index >= 15 is 0 Å². The third-order valence-electron chi connectivity index (χ3n) is 4.18. The summed E-state index contributed by atoms with van der Waals surface area (Å²) in [6.07, 6.45) is 0. The third-order valence-corrected chi connectivity index (χ3v) is 5.05. The normalized spacial score (nSPS) is 11.0. The highest BCUT2D eigenvalue weighted by Gasteiger charge is 2.13. The molecule has 1 amide bonds. The van der Waals surface area contributed by atoms with Crippen molar-refractivity contribution < 1.29 is 13.9 Å². The predicted octanol–water partition coefficient (Wildman–Crippen LogP) is 3.94. The molecule has 148 valence electrons. The van der Waals surface area contributed by atoms with Gasteiger partial charge in [0.05, 0.1) is 35.3 Å². The number of aromatic nitrogens is 4. The van der Waals surface area contributed by atoms with Crippen LogP contribution in [0.4, 0.5) is 10.2 Å². The molecule has 0 atom stereocenters. The van der Waals surface area contributed by atoms with Crippen molar-refractivity contribution in [2.45, 2.75) is 12.1 Å². The van der Waals surface area contributed by atoms with Crippen LogP contribution in [-0.4, -0.2) is 38.5 Å². The molecule has 9 heteroatoms. The molecule has 0 unspecified atom stereocenters. The van der Waals surface area contributed by atoms with Crippen molar-refractivity contribution in [3.8, 4) is 11.4 Å². The van der Waals surface area contributed by atoms with Crippen molar-refractivity contribution in [3.05, 3.63) is 60.0 Å². The second-order valence-electron chi connectivity index (χ2n) is 6.32. The van der Waals surface area contributed by atoms with Gasteiger partial charge in [-0.05, 0) is 43.3 Å². The molecule has 0 saturated carbocycles. The Bertz CT molecular complexity index is 1170. The maximum Gasteiger partial charge on any atom is 0.236 e. The number of nitrogens with zero attached hydrogens (tertiary/aromatic N) is 3. The van der Waals surface area contributed by atoms with Gasteiger partial charge < -0.3 is 15.0 Å². The fourth-order valence-electron chi connectivity index (χ4n) is 2.84. The number of imidazole rings is 1. The van der Waals surface area contributed by atoms with Gasteiger partial charge in [-0.3, -0.25) is 4.79 Å². The minimum absolute atomic E-state index is 0.171. The number of aryl methyl sites for hydroxylation is 1. The van der Waals surface area contributed by atoms with E-state index in [1.807, 2.05) is 25.1 Å². The van der Waals surface area contributed by atoms with Crippen LogP contribution in [0, 0.1) is 12.7 Å². The van der Waals surface area contributed by atoms with Crippen molar-refractivity contribution in [3.63, 3.8) is 0 Å². The molecule has 4 aromatic rings. The summed E-state index contributed by atoms with van der Waals surface area (Å²) in [4.78, 5) is 20.1. The topological polar surface area (TPSA) is 84.8 Å². The quantitative estimate of drug-likeness (QED) is 0.470. The second-order valence-corrected chi connectivity index (χ2v) is 7.29. The number of benzene rings is 2. The summed E-state index contributed by atoms with van der Waals surface area (Å²) in [5, 5.41) is 7.87. The van der Waals surface area contributed by atoms with Gasteiger partial charge in [-0.2, -0.15) is 5.10 Å². The molecular formula is C20H18FN5O2S. The number of carbonyl (C=O) groups excluding carboxylic acids is 1. The van der Waals surface area contributed by atoms with Gasteiger partial charge in [0.2, 0.25) is 5.91 Å². The fourth-order valence-corrected chi connectivity index (χ4v) is 3.53. The summed E-state index contributed by atoms with van der Waals surface area (Å²) in [6.45, 7) is 1.83. The first-order chi connectivity index (χ1) is 14.0. The molecule has 2 heterocycles. The van der Waals surface area contributed by atoms with Gasteiger partial charge in [-0.1, -0.05) is 11.8 Å². The van der Waals surface area contributed by atoms with Crippen molar-refractivity contribution in [2.24, 2.45) is 0 Å². The minimum Gasteiger partial charge on any atom is -0.497 e. The van der Waals surface area contributed by atoms with Crippen LogP contribution in [0.1, 0.15) is 5.69 Å². The Kier molecular flexibility index (Phi) is 5.22. The van der Waals surface area contributed by atoms with E-state index in [-0.39, 0.29) is 17.5 Å². The van der Waals surface area contributed by atoms with Crippen LogP contribution in [-0.2, 0) is 4.79 Å². The molecular weight excluding hydrogens is 393 g/mol. The van der Waals surface area contributed by atoms with Crippen LogP contribution in [0.25, 0.3) is 16.7 Å². The van der Waals surface area contributed by atoms with E-state index < -0.39 is 0 Å². The molecule has 0 fully saturated rings. The molecule has 29 heavy (non-hydrogen) atoms. The number of ether oxygens (including phenoxy) is 1. The van der Waals surface area contributed by atoms with Gasteiger partial charge in [-0.15, -0.1) is 0 Å². The number of thioether (sulfide) groups is 1. The molecule has 0 aliphatic rings. The highest BCUT2D eigenvalue weighted by Crippen LogP contribution is 2.24. The van der Waals surface area contributed by atoms with Gasteiger partial charge in [0.1, 0.15) is 17.4 Å². The second kappa shape index (κ2) is 7.96. The number of H-pyrrole nitrogens is 1. The van der Waals surface area contributed by atoms with E-state index in [2.05, 4.69) is 20.4 Å². The Morgan fingerprint density at radius 3 is 2.79 bits per heavy atom. The fraction of sp³-hybridized carbons (Fsp3) is 0.150. The Morgan fingerprint density at radius 1 is 1.24 bits per heavy atom. The van der Waals surface area contributed by atoms with E-state index in [0.717, 1.165) is 22.5 Å². The number of amides is 1. The smallest absolute Gasteiger partial charge is 0.236 e. The van der Waals surface area contributed by atoms with E-state index in [9.17, 15) is 9.18 Å². The summed E-state index contributed by atoms with van der Waals surface area (Å²) in [5.41, 5.74) is 3.05. The van der Waals surface area contributed by atoms with Crippen molar-refractivity contribution in [2.75, 3.05) is 18.2 Å². The van der Waals surface area contributed by atoms with E-state index in [0.29, 0.717) is 16.7 Å².